The minimum atomic E-state index is -1.51. The number of carbonyl (C=O) groups is 1. The normalized spacial score (nSPS) is 26.9. The molecule has 2 aliphatic rings. The largest absolute Gasteiger partial charge is 0.508 e. The highest BCUT2D eigenvalue weighted by atomic mass is 19.1. The molecule has 1 unspecified atom stereocenters. The number of β-lactam (4-membered cyclic amide) rings is 1. The number of amides is 1. The van der Waals surface area contributed by atoms with Crippen molar-refractivity contribution < 1.29 is 44.6 Å². The fraction of sp³-hybridized carbons (Fsp3) is 0.306. The molecule has 9 nitrogen and oxygen atoms in total. The van der Waals surface area contributed by atoms with Crippen LogP contribution < -0.4 is 4.90 Å². The number of carbonyl (C=O) groups excluding carboxylic acids is 1. The van der Waals surface area contributed by atoms with Gasteiger partial charge < -0.3 is 40.3 Å². The summed E-state index contributed by atoms with van der Waals surface area (Å²) < 4.78 is 19.4. The van der Waals surface area contributed by atoms with Crippen LogP contribution >= 0.6 is 0 Å². The Hall–Kier alpha value is -4.16. The lowest BCUT2D eigenvalue weighted by Gasteiger charge is -2.48. The molecule has 6 N–H and O–H groups in total. The molecule has 46 heavy (non-hydrogen) atoms. The molecule has 2 saturated heterocycles. The number of anilines is 1. The first-order valence-electron chi connectivity index (χ1n) is 15.2. The van der Waals surface area contributed by atoms with E-state index in [9.17, 15) is 39.8 Å². The van der Waals surface area contributed by atoms with Crippen LogP contribution in [0.4, 0.5) is 10.1 Å². The number of hydrogen-bond donors (Lipinski definition) is 6. The van der Waals surface area contributed by atoms with Gasteiger partial charge in [-0.05, 0) is 71.5 Å². The number of aliphatic hydroxyl groups excluding tert-OH is 5. The molecule has 2 heterocycles. The van der Waals surface area contributed by atoms with Crippen molar-refractivity contribution in [3.63, 3.8) is 0 Å². The van der Waals surface area contributed by atoms with Gasteiger partial charge in [-0.25, -0.2) is 4.39 Å². The Kier molecular flexibility index (Phi) is 9.19. The van der Waals surface area contributed by atoms with E-state index >= 15 is 0 Å². The zero-order chi connectivity index (χ0) is 32.5. The lowest BCUT2D eigenvalue weighted by Crippen LogP contribution is -2.55. The van der Waals surface area contributed by atoms with Gasteiger partial charge in [0.1, 0.15) is 42.1 Å². The quantitative estimate of drug-likeness (QED) is 0.153. The fourth-order valence-electron chi connectivity index (χ4n) is 6.50. The molecule has 0 spiro atoms. The molecule has 6 rings (SSSR count). The summed E-state index contributed by atoms with van der Waals surface area (Å²) in [6.45, 7) is -0.540. The number of aliphatic hydroxyl groups is 5. The second-order valence-electron chi connectivity index (χ2n) is 11.9. The number of phenols is 1. The van der Waals surface area contributed by atoms with Crippen LogP contribution in [0.15, 0.2) is 97.1 Å². The summed E-state index contributed by atoms with van der Waals surface area (Å²) in [5, 5.41) is 62.7. The van der Waals surface area contributed by atoms with E-state index in [2.05, 4.69) is 0 Å². The third kappa shape index (κ3) is 6.03. The number of aromatic hydroxyl groups is 1. The van der Waals surface area contributed by atoms with Crippen LogP contribution in [-0.2, 0) is 9.53 Å². The predicted octanol–water partition coefficient (Wildman–Crippen LogP) is 3.93. The molecular weight excluding hydrogens is 593 g/mol. The molecule has 2 aliphatic heterocycles. The third-order valence-corrected chi connectivity index (χ3v) is 9.04. The Labute approximate surface area is 265 Å². The maximum absolute atomic E-state index is 13.7. The predicted molar refractivity (Wildman–Crippen MR) is 167 cm³/mol. The van der Waals surface area contributed by atoms with Crippen molar-refractivity contribution >= 4 is 11.6 Å². The fourth-order valence-corrected chi connectivity index (χ4v) is 6.50. The molecule has 4 aromatic rings. The second-order valence-corrected chi connectivity index (χ2v) is 11.9. The van der Waals surface area contributed by atoms with Gasteiger partial charge in [-0.3, -0.25) is 4.79 Å². The molecule has 0 saturated carbocycles. The summed E-state index contributed by atoms with van der Waals surface area (Å²) in [6, 6.07) is 26.3. The number of nitrogens with zero attached hydrogens (tertiary/aromatic N) is 1. The minimum absolute atomic E-state index is 0.0611. The average molecular weight is 630 g/mol. The molecule has 0 aromatic heterocycles. The maximum Gasteiger partial charge on any atom is 0.233 e. The summed E-state index contributed by atoms with van der Waals surface area (Å²) >= 11 is 0. The first-order valence-corrected chi connectivity index (χ1v) is 15.2. The van der Waals surface area contributed by atoms with Crippen LogP contribution in [-0.4, -0.2) is 67.6 Å². The van der Waals surface area contributed by atoms with E-state index in [0.717, 1.165) is 5.56 Å². The minimum Gasteiger partial charge on any atom is -0.508 e. The zero-order valence-corrected chi connectivity index (χ0v) is 24.8. The van der Waals surface area contributed by atoms with Crippen LogP contribution in [0.25, 0.3) is 11.1 Å². The number of benzene rings is 4. The molecular formula is C36H36FNO8. The van der Waals surface area contributed by atoms with Crippen molar-refractivity contribution in [1.29, 1.82) is 0 Å². The summed E-state index contributed by atoms with van der Waals surface area (Å²) in [4.78, 5) is 15.0. The van der Waals surface area contributed by atoms with Crippen LogP contribution in [0.1, 0.15) is 47.8 Å². The van der Waals surface area contributed by atoms with Gasteiger partial charge in [0.15, 0.2) is 0 Å². The van der Waals surface area contributed by atoms with Crippen molar-refractivity contribution in [2.75, 3.05) is 11.5 Å². The van der Waals surface area contributed by atoms with E-state index in [1.54, 1.807) is 42.5 Å². The van der Waals surface area contributed by atoms with E-state index in [1.807, 2.05) is 30.3 Å². The Balaban J connectivity index is 1.28. The number of halogens is 1. The number of ether oxygens (including phenoxy) is 1. The number of hydrogen-bond acceptors (Lipinski definition) is 8. The van der Waals surface area contributed by atoms with E-state index in [-0.39, 0.29) is 11.7 Å². The van der Waals surface area contributed by atoms with Gasteiger partial charge in [-0.15, -0.1) is 0 Å². The van der Waals surface area contributed by atoms with Crippen LogP contribution in [0, 0.1) is 11.7 Å². The van der Waals surface area contributed by atoms with Gasteiger partial charge in [-0.1, -0.05) is 60.7 Å². The van der Waals surface area contributed by atoms with Gasteiger partial charge in [0.05, 0.1) is 24.7 Å². The molecule has 2 fully saturated rings. The van der Waals surface area contributed by atoms with Crippen LogP contribution in [0.3, 0.4) is 0 Å². The van der Waals surface area contributed by atoms with Crippen molar-refractivity contribution in [2.24, 2.45) is 5.92 Å². The van der Waals surface area contributed by atoms with Crippen LogP contribution in [0.2, 0.25) is 0 Å². The van der Waals surface area contributed by atoms with Gasteiger partial charge in [0.2, 0.25) is 5.91 Å². The molecule has 10 heteroatoms. The molecule has 1 amide bonds. The summed E-state index contributed by atoms with van der Waals surface area (Å²) in [6.07, 6.45) is -6.55. The molecule has 0 aliphatic carbocycles. The molecule has 0 bridgehead atoms. The zero-order valence-electron chi connectivity index (χ0n) is 24.8. The highest BCUT2D eigenvalue weighted by molar-refractivity contribution is 6.03. The highest BCUT2D eigenvalue weighted by Gasteiger charge is 2.49. The van der Waals surface area contributed by atoms with Crippen molar-refractivity contribution in [1.82, 2.24) is 0 Å². The smallest absolute Gasteiger partial charge is 0.233 e. The van der Waals surface area contributed by atoms with Crippen molar-refractivity contribution in [3.8, 4) is 16.9 Å². The first kappa shape index (κ1) is 31.8. The topological polar surface area (TPSA) is 151 Å². The van der Waals surface area contributed by atoms with E-state index in [1.165, 1.54) is 29.2 Å². The van der Waals surface area contributed by atoms with E-state index < -0.39 is 61.0 Å². The van der Waals surface area contributed by atoms with Gasteiger partial charge in [0, 0.05) is 11.3 Å². The Morgan fingerprint density at radius 1 is 0.826 bits per heavy atom. The Bertz CT molecular complexity index is 1670. The first-order chi connectivity index (χ1) is 22.2. The summed E-state index contributed by atoms with van der Waals surface area (Å²) in [5.74, 6) is -1.22. The number of phenolic OH excluding ortho intramolecular Hbond substituents is 1. The van der Waals surface area contributed by atoms with Gasteiger partial charge in [0.25, 0.3) is 0 Å². The van der Waals surface area contributed by atoms with Crippen molar-refractivity contribution in [3.05, 3.63) is 120 Å². The lowest BCUT2D eigenvalue weighted by atomic mass is 9.77. The summed E-state index contributed by atoms with van der Waals surface area (Å²) in [7, 11) is 0. The Morgan fingerprint density at radius 2 is 1.54 bits per heavy atom. The van der Waals surface area contributed by atoms with Crippen molar-refractivity contribution in [2.45, 2.75) is 55.5 Å². The van der Waals surface area contributed by atoms with Gasteiger partial charge in [-0.2, -0.15) is 0 Å². The average Bonchev–Trinajstić information content (AvgIpc) is 3.07. The SMILES string of the molecule is O=C1[C@H](CC[C@H](O)c2ccccc2)[C@@H](c2ccc(-c3cccc(C4O[C@H](CO)[C@@H](O)[C@H](O)[C@H]4O)c3)cc2O)N1c1ccc(F)cc1. The standard InChI is InChI=1S/C36H36FNO8/c37-24-10-12-25(13-11-24)38-31(27(36(38)45)15-16-28(40)20-5-2-1-3-6-20)26-14-9-22(18-29(26)41)21-7-4-8-23(17-21)35-34(44)33(43)32(42)30(19-39)46-35/h1-14,17-18,27-28,30-35,39-44H,15-16,19H2/t27-,28+,30-,31-,32-,33+,34-,35?/m1/s1. The molecule has 8 atom stereocenters. The lowest BCUT2D eigenvalue weighted by molar-refractivity contribution is -0.231. The third-order valence-electron chi connectivity index (χ3n) is 9.04. The van der Waals surface area contributed by atoms with E-state index in [4.69, 9.17) is 4.74 Å². The van der Waals surface area contributed by atoms with E-state index in [0.29, 0.717) is 40.8 Å². The van der Waals surface area contributed by atoms with Gasteiger partial charge >= 0.3 is 0 Å². The highest BCUT2D eigenvalue weighted by Crippen LogP contribution is 2.49. The van der Waals surface area contributed by atoms with Crippen LogP contribution in [0.5, 0.6) is 5.75 Å². The Morgan fingerprint density at radius 3 is 2.24 bits per heavy atom. The molecule has 0 radical (unpaired) electrons. The summed E-state index contributed by atoms with van der Waals surface area (Å²) in [5.41, 5.74) is 3.53. The number of rotatable bonds is 9. The maximum atomic E-state index is 13.7. The molecule has 4 aromatic carbocycles. The monoisotopic (exact) mass is 629 g/mol. The molecule has 240 valence electrons. The second kappa shape index (κ2) is 13.3.